The van der Waals surface area contributed by atoms with Gasteiger partial charge in [-0.1, -0.05) is 0 Å². The summed E-state index contributed by atoms with van der Waals surface area (Å²) in [6.45, 7) is 3.70. The third kappa shape index (κ3) is 1.86. The molecule has 0 saturated heterocycles. The van der Waals surface area contributed by atoms with E-state index in [2.05, 4.69) is 4.98 Å². The van der Waals surface area contributed by atoms with Crippen molar-refractivity contribution < 1.29 is 9.18 Å². The van der Waals surface area contributed by atoms with Gasteiger partial charge in [-0.05, 0) is 32.0 Å². The number of carbonyl (C=O) groups excluding carboxylic acids is 1. The third-order valence-electron chi connectivity index (χ3n) is 2.32. The second-order valence-corrected chi connectivity index (χ2v) is 3.66. The monoisotopic (exact) mass is 218 g/mol. The number of hydrogen-bond acceptors (Lipinski definition) is 2. The number of benzene rings is 1. The molecule has 0 aliphatic heterocycles. The van der Waals surface area contributed by atoms with E-state index in [9.17, 15) is 9.18 Å². The summed E-state index contributed by atoms with van der Waals surface area (Å²) in [5.74, 6) is 0.338. The predicted molar refractivity (Wildman–Crippen MR) is 58.4 cm³/mol. The van der Waals surface area contributed by atoms with E-state index in [1.165, 1.54) is 12.1 Å². The summed E-state index contributed by atoms with van der Waals surface area (Å²) in [6.07, 6.45) is 2.43. The number of aromatic nitrogens is 2. The summed E-state index contributed by atoms with van der Waals surface area (Å²) in [5.41, 5.74) is 1.79. The maximum absolute atomic E-state index is 13.2. The lowest BCUT2D eigenvalue weighted by molar-refractivity contribution is 0.112. The van der Waals surface area contributed by atoms with Crippen molar-refractivity contribution in [3.63, 3.8) is 0 Å². The molecule has 0 saturated carbocycles. The van der Waals surface area contributed by atoms with Gasteiger partial charge in [0.25, 0.3) is 0 Å². The van der Waals surface area contributed by atoms with Crippen LogP contribution in [0.2, 0.25) is 0 Å². The smallest absolute Gasteiger partial charge is 0.150 e. The van der Waals surface area contributed by atoms with Crippen molar-refractivity contribution in [1.82, 2.24) is 9.55 Å². The zero-order chi connectivity index (χ0) is 11.7. The Kier molecular flexibility index (Phi) is 2.56. The Morgan fingerprint density at radius 3 is 2.62 bits per heavy atom. The van der Waals surface area contributed by atoms with Gasteiger partial charge in [0.1, 0.15) is 17.9 Å². The van der Waals surface area contributed by atoms with Crippen LogP contribution in [0.4, 0.5) is 4.39 Å². The molecule has 1 aromatic heterocycles. The van der Waals surface area contributed by atoms with E-state index >= 15 is 0 Å². The Bertz CT molecular complexity index is 546. The number of carbonyl (C=O) groups is 1. The Hall–Kier alpha value is -1.97. The molecule has 2 aromatic rings. The molecule has 2 rings (SSSR count). The summed E-state index contributed by atoms with van der Waals surface area (Å²) >= 11 is 0. The maximum Gasteiger partial charge on any atom is 0.150 e. The molecule has 82 valence electrons. The fourth-order valence-electron chi connectivity index (χ4n) is 1.68. The van der Waals surface area contributed by atoms with E-state index in [1.54, 1.807) is 16.8 Å². The zero-order valence-corrected chi connectivity index (χ0v) is 9.07. The molecule has 0 aliphatic carbocycles. The number of aryl methyl sites for hydroxylation is 2. The van der Waals surface area contributed by atoms with Crippen LogP contribution >= 0.6 is 0 Å². The van der Waals surface area contributed by atoms with Gasteiger partial charge in [0, 0.05) is 11.8 Å². The molecule has 1 heterocycles. The molecule has 16 heavy (non-hydrogen) atoms. The number of rotatable bonds is 2. The number of imidazole rings is 1. The molecule has 3 nitrogen and oxygen atoms in total. The van der Waals surface area contributed by atoms with Gasteiger partial charge in [0.15, 0.2) is 0 Å². The summed E-state index contributed by atoms with van der Waals surface area (Å²) in [7, 11) is 0. The molecule has 0 aliphatic rings. The van der Waals surface area contributed by atoms with Crippen LogP contribution in [0.1, 0.15) is 21.9 Å². The van der Waals surface area contributed by atoms with Crippen molar-refractivity contribution in [2.24, 2.45) is 0 Å². The van der Waals surface area contributed by atoms with Crippen LogP contribution in [0.3, 0.4) is 0 Å². The molecule has 0 bridgehead atoms. The van der Waals surface area contributed by atoms with E-state index in [0.29, 0.717) is 17.5 Å². The molecule has 0 radical (unpaired) electrons. The molecular formula is C12H11FN2O. The fraction of sp³-hybridized carbons (Fsp3) is 0.167. The summed E-state index contributed by atoms with van der Waals surface area (Å²) in [5, 5.41) is 0. The molecule has 0 N–H and O–H groups in total. The highest BCUT2D eigenvalue weighted by Gasteiger charge is 2.06. The second-order valence-electron chi connectivity index (χ2n) is 3.66. The van der Waals surface area contributed by atoms with E-state index < -0.39 is 5.82 Å². The zero-order valence-electron chi connectivity index (χ0n) is 9.07. The van der Waals surface area contributed by atoms with Gasteiger partial charge >= 0.3 is 0 Å². The molecule has 0 spiro atoms. The van der Waals surface area contributed by atoms with Crippen molar-refractivity contribution in [1.29, 1.82) is 0 Å². The lowest BCUT2D eigenvalue weighted by Crippen LogP contribution is -1.97. The van der Waals surface area contributed by atoms with Gasteiger partial charge in [-0.3, -0.25) is 4.79 Å². The van der Waals surface area contributed by atoms with Crippen LogP contribution in [0, 0.1) is 19.7 Å². The predicted octanol–water partition coefficient (Wildman–Crippen LogP) is 2.44. The lowest BCUT2D eigenvalue weighted by Gasteiger charge is -2.05. The van der Waals surface area contributed by atoms with Gasteiger partial charge < -0.3 is 4.57 Å². The van der Waals surface area contributed by atoms with Gasteiger partial charge in [0.2, 0.25) is 0 Å². The molecule has 0 amide bonds. The average molecular weight is 218 g/mol. The van der Waals surface area contributed by atoms with E-state index in [-0.39, 0.29) is 0 Å². The SMILES string of the molecule is Cc1cn(-c2cc(F)cc(C=O)c2)c(C)n1. The molecule has 0 fully saturated rings. The van der Waals surface area contributed by atoms with E-state index in [0.717, 1.165) is 11.5 Å². The quantitative estimate of drug-likeness (QED) is 0.725. The molecular weight excluding hydrogens is 207 g/mol. The minimum atomic E-state index is -0.426. The van der Waals surface area contributed by atoms with Crippen LogP contribution in [0.15, 0.2) is 24.4 Å². The van der Waals surface area contributed by atoms with Crippen LogP contribution in [-0.2, 0) is 0 Å². The fourth-order valence-corrected chi connectivity index (χ4v) is 1.68. The van der Waals surface area contributed by atoms with Crippen LogP contribution < -0.4 is 0 Å². The van der Waals surface area contributed by atoms with Crippen LogP contribution in [-0.4, -0.2) is 15.8 Å². The average Bonchev–Trinajstić information content (AvgIpc) is 2.57. The highest BCUT2D eigenvalue weighted by molar-refractivity contribution is 5.76. The largest absolute Gasteiger partial charge is 0.304 e. The van der Waals surface area contributed by atoms with Gasteiger partial charge in [-0.15, -0.1) is 0 Å². The molecule has 4 heteroatoms. The Morgan fingerprint density at radius 1 is 1.31 bits per heavy atom. The summed E-state index contributed by atoms with van der Waals surface area (Å²) in [4.78, 5) is 14.9. The first-order valence-electron chi connectivity index (χ1n) is 4.89. The highest BCUT2D eigenvalue weighted by atomic mass is 19.1. The van der Waals surface area contributed by atoms with Crippen molar-refractivity contribution in [3.05, 3.63) is 47.3 Å². The summed E-state index contributed by atoms with van der Waals surface area (Å²) in [6, 6.07) is 4.21. The van der Waals surface area contributed by atoms with E-state index in [1.807, 2.05) is 13.8 Å². The summed E-state index contributed by atoms with van der Waals surface area (Å²) < 4.78 is 15.0. The van der Waals surface area contributed by atoms with Gasteiger partial charge in [0.05, 0.1) is 11.4 Å². The minimum Gasteiger partial charge on any atom is -0.304 e. The number of halogens is 1. The van der Waals surface area contributed by atoms with Crippen molar-refractivity contribution in [2.75, 3.05) is 0 Å². The lowest BCUT2D eigenvalue weighted by atomic mass is 10.2. The normalized spacial score (nSPS) is 10.4. The molecule has 0 unspecified atom stereocenters. The minimum absolute atomic E-state index is 0.320. The van der Waals surface area contributed by atoms with Gasteiger partial charge in [-0.25, -0.2) is 9.37 Å². The number of nitrogens with zero attached hydrogens (tertiary/aromatic N) is 2. The topological polar surface area (TPSA) is 34.9 Å². The number of aldehydes is 1. The first-order chi connectivity index (χ1) is 7.60. The van der Waals surface area contributed by atoms with Crippen LogP contribution in [0.25, 0.3) is 5.69 Å². The number of hydrogen-bond donors (Lipinski definition) is 0. The highest BCUT2D eigenvalue weighted by Crippen LogP contribution is 2.15. The van der Waals surface area contributed by atoms with Gasteiger partial charge in [-0.2, -0.15) is 0 Å². The standard InChI is InChI=1S/C12H11FN2O/c1-8-6-15(9(2)14-8)12-4-10(7-16)3-11(13)5-12/h3-7H,1-2H3. The second kappa shape index (κ2) is 3.89. The van der Waals surface area contributed by atoms with E-state index in [4.69, 9.17) is 0 Å². The Labute approximate surface area is 92.5 Å². The Morgan fingerprint density at radius 2 is 2.06 bits per heavy atom. The maximum atomic E-state index is 13.2. The van der Waals surface area contributed by atoms with Crippen molar-refractivity contribution in [2.45, 2.75) is 13.8 Å². The van der Waals surface area contributed by atoms with Crippen LogP contribution in [0.5, 0.6) is 0 Å². The first kappa shape index (κ1) is 10.5. The molecule has 0 atom stereocenters. The molecule has 1 aromatic carbocycles. The Balaban J connectivity index is 2.59. The van der Waals surface area contributed by atoms with Crippen molar-refractivity contribution in [3.8, 4) is 5.69 Å². The third-order valence-corrected chi connectivity index (χ3v) is 2.32. The van der Waals surface area contributed by atoms with Crippen molar-refractivity contribution >= 4 is 6.29 Å². The first-order valence-corrected chi connectivity index (χ1v) is 4.89.